The number of anilines is 1. The van der Waals surface area contributed by atoms with Crippen LogP contribution in [0.4, 0.5) is 5.69 Å². The van der Waals surface area contributed by atoms with E-state index >= 15 is 0 Å². The van der Waals surface area contributed by atoms with Gasteiger partial charge in [0.25, 0.3) is 0 Å². The molecule has 9 nitrogen and oxygen atoms in total. The minimum atomic E-state index is -3.31. The fourth-order valence-corrected chi connectivity index (χ4v) is 6.10. The molecular weight excluding hydrogens is 564 g/mol. The predicted molar refractivity (Wildman–Crippen MR) is 165 cm³/mol. The summed E-state index contributed by atoms with van der Waals surface area (Å²) in [6.45, 7) is 2.88. The van der Waals surface area contributed by atoms with Crippen molar-refractivity contribution in [1.29, 1.82) is 0 Å². The van der Waals surface area contributed by atoms with Gasteiger partial charge in [-0.1, -0.05) is 31.4 Å². The smallest absolute Gasteiger partial charge is 0.237 e. The quantitative estimate of drug-likeness (QED) is 0.266. The molecule has 1 aliphatic carbocycles. The molecule has 1 heterocycles. The molecule has 0 radical (unpaired) electrons. The molecule has 1 unspecified atom stereocenters. The minimum Gasteiger partial charge on any atom is -0.457 e. The third-order valence-corrected chi connectivity index (χ3v) is 8.27. The Balaban J connectivity index is 0.00000462. The average molecular weight is 609 g/mol. The number of piperidine rings is 1. The van der Waals surface area contributed by atoms with Crippen molar-refractivity contribution in [3.8, 4) is 11.5 Å². The summed E-state index contributed by atoms with van der Waals surface area (Å²) in [5.74, 6) is 1.44. The molecule has 0 bridgehead atoms. The molecule has 0 spiro atoms. The van der Waals surface area contributed by atoms with Crippen molar-refractivity contribution in [2.75, 3.05) is 30.7 Å². The number of likely N-dealkylation sites (tertiary alicyclic amines) is 1. The Labute approximate surface area is 250 Å². The summed E-state index contributed by atoms with van der Waals surface area (Å²) in [6, 6.07) is 15.2. The summed E-state index contributed by atoms with van der Waals surface area (Å²) in [7, 11) is -3.31. The van der Waals surface area contributed by atoms with Crippen LogP contribution in [-0.2, 0) is 21.4 Å². The zero-order valence-electron chi connectivity index (χ0n) is 23.9. The highest BCUT2D eigenvalue weighted by atomic mass is 35.5. The molecular formula is C30H45ClN4O5S. The first-order valence-corrected chi connectivity index (χ1v) is 16.4. The Hall–Kier alpha value is -2.37. The molecule has 2 aromatic rings. The Morgan fingerprint density at radius 2 is 1.56 bits per heavy atom. The fourth-order valence-electron chi connectivity index (χ4n) is 5.54. The van der Waals surface area contributed by atoms with Gasteiger partial charge in [0, 0.05) is 30.9 Å². The normalized spacial score (nSPS) is 17.8. The van der Waals surface area contributed by atoms with Crippen LogP contribution < -0.4 is 20.1 Å². The molecule has 41 heavy (non-hydrogen) atoms. The fraction of sp³-hybridized carbons (Fsp3) is 0.567. The van der Waals surface area contributed by atoms with Gasteiger partial charge in [0.1, 0.15) is 11.5 Å². The van der Waals surface area contributed by atoms with Crippen molar-refractivity contribution < 1.29 is 23.1 Å². The second kappa shape index (κ2) is 16.3. The maximum Gasteiger partial charge on any atom is 0.237 e. The molecule has 2 aromatic carbocycles. The standard InChI is InChI=1S/C30H44N4O5S.ClH/c1-40(37,38)33-26-11-15-28(16-12-26)39-27-13-9-23(10-14-27)22-34-19-17-25(18-20-34)31-29(8-5-21-35)30(36)32-24-6-3-2-4-7-24;/h9-16,24-25,29,31,33,35H,2-8,17-22H2,1H3,(H,32,36);1H. The van der Waals surface area contributed by atoms with Crippen LogP contribution >= 0.6 is 12.4 Å². The lowest BCUT2D eigenvalue weighted by Crippen LogP contribution is -2.53. The van der Waals surface area contributed by atoms with Gasteiger partial charge in [0.15, 0.2) is 0 Å². The molecule has 1 atom stereocenters. The van der Waals surface area contributed by atoms with Crippen LogP contribution in [-0.4, -0.2) is 68.4 Å². The molecule has 11 heteroatoms. The Morgan fingerprint density at radius 1 is 0.951 bits per heavy atom. The first-order valence-electron chi connectivity index (χ1n) is 14.5. The van der Waals surface area contributed by atoms with Crippen LogP contribution in [0.5, 0.6) is 11.5 Å². The average Bonchev–Trinajstić information content (AvgIpc) is 2.94. The molecule has 1 saturated carbocycles. The summed E-state index contributed by atoms with van der Waals surface area (Å²) in [5.41, 5.74) is 1.70. The van der Waals surface area contributed by atoms with Crippen LogP contribution in [0.1, 0.15) is 63.4 Å². The second-order valence-electron chi connectivity index (χ2n) is 11.1. The summed E-state index contributed by atoms with van der Waals surface area (Å²) in [4.78, 5) is 15.4. The molecule has 1 saturated heterocycles. The van der Waals surface area contributed by atoms with Gasteiger partial charge in [0.05, 0.1) is 12.3 Å². The van der Waals surface area contributed by atoms with Gasteiger partial charge in [-0.25, -0.2) is 8.42 Å². The van der Waals surface area contributed by atoms with Gasteiger partial charge in [-0.2, -0.15) is 0 Å². The summed E-state index contributed by atoms with van der Waals surface area (Å²) >= 11 is 0. The SMILES string of the molecule is CS(=O)(=O)Nc1ccc(Oc2ccc(CN3CCC(NC(CCCO)C(=O)NC4CCCCC4)CC3)cc2)cc1.Cl. The molecule has 4 rings (SSSR count). The number of rotatable bonds is 13. The number of amides is 1. The number of carbonyl (C=O) groups excluding carboxylic acids is 1. The van der Waals surface area contributed by atoms with E-state index in [4.69, 9.17) is 4.74 Å². The lowest BCUT2D eigenvalue weighted by molar-refractivity contribution is -0.124. The van der Waals surface area contributed by atoms with Gasteiger partial charge in [-0.05, 0) is 93.6 Å². The second-order valence-corrected chi connectivity index (χ2v) is 12.9. The van der Waals surface area contributed by atoms with Crippen LogP contribution in [0, 0.1) is 0 Å². The molecule has 1 amide bonds. The van der Waals surface area contributed by atoms with Crippen molar-refractivity contribution in [3.63, 3.8) is 0 Å². The van der Waals surface area contributed by atoms with E-state index in [0.29, 0.717) is 36.4 Å². The van der Waals surface area contributed by atoms with E-state index in [0.717, 1.165) is 57.3 Å². The number of halogens is 1. The number of aliphatic hydroxyl groups is 1. The van der Waals surface area contributed by atoms with Crippen molar-refractivity contribution in [1.82, 2.24) is 15.5 Å². The van der Waals surface area contributed by atoms with Gasteiger partial charge in [-0.15, -0.1) is 12.4 Å². The zero-order chi connectivity index (χ0) is 28.4. The number of hydrogen-bond acceptors (Lipinski definition) is 7. The number of nitrogens with one attached hydrogen (secondary N) is 3. The largest absolute Gasteiger partial charge is 0.457 e. The molecule has 228 valence electrons. The first-order chi connectivity index (χ1) is 19.3. The molecule has 2 aliphatic rings. The Bertz CT molecular complexity index is 1170. The van der Waals surface area contributed by atoms with E-state index in [1.165, 1.54) is 24.8 Å². The van der Waals surface area contributed by atoms with Gasteiger partial charge >= 0.3 is 0 Å². The molecule has 0 aromatic heterocycles. The van der Waals surface area contributed by atoms with Gasteiger partial charge < -0.3 is 20.5 Å². The number of sulfonamides is 1. The Morgan fingerprint density at radius 3 is 2.15 bits per heavy atom. The van der Waals surface area contributed by atoms with Gasteiger partial charge in [-0.3, -0.25) is 14.4 Å². The molecule has 4 N–H and O–H groups in total. The van der Waals surface area contributed by atoms with E-state index in [1.807, 2.05) is 12.1 Å². The molecule has 1 aliphatic heterocycles. The summed E-state index contributed by atoms with van der Waals surface area (Å²) < 4.78 is 31.1. The summed E-state index contributed by atoms with van der Waals surface area (Å²) in [6.07, 6.45) is 10.2. The van der Waals surface area contributed by atoms with Crippen LogP contribution in [0.25, 0.3) is 0 Å². The van der Waals surface area contributed by atoms with E-state index < -0.39 is 10.0 Å². The maximum absolute atomic E-state index is 13.0. The number of hydrogen-bond donors (Lipinski definition) is 4. The number of aliphatic hydroxyl groups excluding tert-OH is 1. The van der Waals surface area contributed by atoms with E-state index in [9.17, 15) is 18.3 Å². The number of ether oxygens (including phenoxy) is 1. The van der Waals surface area contributed by atoms with E-state index in [1.54, 1.807) is 24.3 Å². The lowest BCUT2D eigenvalue weighted by Gasteiger charge is -2.35. The van der Waals surface area contributed by atoms with Crippen molar-refractivity contribution >= 4 is 34.0 Å². The number of carbonyl (C=O) groups is 1. The third-order valence-electron chi connectivity index (χ3n) is 7.67. The highest BCUT2D eigenvalue weighted by Gasteiger charge is 2.27. The van der Waals surface area contributed by atoms with Crippen molar-refractivity contribution in [2.24, 2.45) is 0 Å². The number of nitrogens with zero attached hydrogens (tertiary/aromatic N) is 1. The topological polar surface area (TPSA) is 120 Å². The monoisotopic (exact) mass is 608 g/mol. The van der Waals surface area contributed by atoms with Crippen LogP contribution in [0.3, 0.4) is 0 Å². The van der Waals surface area contributed by atoms with Crippen LogP contribution in [0.2, 0.25) is 0 Å². The lowest BCUT2D eigenvalue weighted by atomic mass is 9.95. The van der Waals surface area contributed by atoms with Crippen LogP contribution in [0.15, 0.2) is 48.5 Å². The first kappa shape index (κ1) is 33.1. The van der Waals surface area contributed by atoms with Crippen molar-refractivity contribution in [3.05, 3.63) is 54.1 Å². The molecule has 2 fully saturated rings. The third kappa shape index (κ3) is 11.4. The zero-order valence-corrected chi connectivity index (χ0v) is 25.5. The van der Waals surface area contributed by atoms with E-state index in [-0.39, 0.29) is 31.0 Å². The minimum absolute atomic E-state index is 0. The maximum atomic E-state index is 13.0. The van der Waals surface area contributed by atoms with Crippen molar-refractivity contribution in [2.45, 2.75) is 82.5 Å². The Kier molecular flexibility index (Phi) is 13.2. The number of benzene rings is 2. The van der Waals surface area contributed by atoms with E-state index in [2.05, 4.69) is 32.4 Å². The predicted octanol–water partition coefficient (Wildman–Crippen LogP) is 4.42. The summed E-state index contributed by atoms with van der Waals surface area (Å²) in [5, 5.41) is 16.2. The highest BCUT2D eigenvalue weighted by Crippen LogP contribution is 2.25. The van der Waals surface area contributed by atoms with Gasteiger partial charge in [0.2, 0.25) is 15.9 Å². The highest BCUT2D eigenvalue weighted by molar-refractivity contribution is 7.92.